The van der Waals surface area contributed by atoms with E-state index in [1.807, 2.05) is 24.4 Å². The van der Waals surface area contributed by atoms with Gasteiger partial charge in [-0.3, -0.25) is 4.79 Å². The number of hydrogen-bond acceptors (Lipinski definition) is 3. The lowest BCUT2D eigenvalue weighted by atomic mass is 9.98. The summed E-state index contributed by atoms with van der Waals surface area (Å²) in [4.78, 5) is 18.0. The van der Waals surface area contributed by atoms with E-state index in [1.165, 1.54) is 35.7 Å². The van der Waals surface area contributed by atoms with Gasteiger partial charge in [-0.25, -0.2) is 13.1 Å². The molecule has 6 nitrogen and oxygen atoms in total. The van der Waals surface area contributed by atoms with E-state index in [0.717, 1.165) is 11.9 Å². The normalized spacial score (nSPS) is 14.9. The van der Waals surface area contributed by atoms with Crippen LogP contribution in [0.2, 0.25) is 0 Å². The molecule has 4 rings (SSSR count). The van der Waals surface area contributed by atoms with Gasteiger partial charge in [0.05, 0.1) is 4.90 Å². The highest BCUT2D eigenvalue weighted by Gasteiger charge is 2.22. The number of sulfonamides is 1. The number of rotatable bonds is 4. The van der Waals surface area contributed by atoms with Crippen LogP contribution in [-0.2, 0) is 10.0 Å². The van der Waals surface area contributed by atoms with Crippen LogP contribution >= 0.6 is 0 Å². The molecule has 0 spiro atoms. The van der Waals surface area contributed by atoms with E-state index < -0.39 is 10.0 Å². The van der Waals surface area contributed by atoms with Crippen molar-refractivity contribution in [3.05, 3.63) is 71.9 Å². The SMILES string of the molecule is CNS(=O)(=O)c1cccc(C(=O)N2CC=C(c3c[nH]c4ccccc34)CC2)c1. The van der Waals surface area contributed by atoms with Gasteiger partial charge in [0, 0.05) is 41.3 Å². The summed E-state index contributed by atoms with van der Waals surface area (Å²) in [5.41, 5.74) is 3.86. The summed E-state index contributed by atoms with van der Waals surface area (Å²) in [7, 11) is -2.23. The molecule has 1 aliphatic heterocycles. The molecule has 0 atom stereocenters. The first kappa shape index (κ1) is 18.5. The Labute approximate surface area is 163 Å². The van der Waals surface area contributed by atoms with Crippen molar-refractivity contribution in [1.29, 1.82) is 0 Å². The van der Waals surface area contributed by atoms with Crippen LogP contribution in [0.3, 0.4) is 0 Å². The number of benzene rings is 2. The minimum absolute atomic E-state index is 0.0906. The maximum atomic E-state index is 12.8. The van der Waals surface area contributed by atoms with Crippen molar-refractivity contribution in [2.45, 2.75) is 11.3 Å². The van der Waals surface area contributed by atoms with Crippen molar-refractivity contribution >= 4 is 32.4 Å². The van der Waals surface area contributed by atoms with E-state index in [1.54, 1.807) is 17.0 Å². The number of H-pyrrole nitrogens is 1. The zero-order valence-electron chi connectivity index (χ0n) is 15.5. The van der Waals surface area contributed by atoms with E-state index in [4.69, 9.17) is 0 Å². The summed E-state index contributed by atoms with van der Waals surface area (Å²) in [6.45, 7) is 1.09. The number of nitrogens with one attached hydrogen (secondary N) is 2. The van der Waals surface area contributed by atoms with Gasteiger partial charge in [-0.05, 0) is 43.3 Å². The molecule has 0 saturated heterocycles. The number of carbonyl (C=O) groups is 1. The Balaban J connectivity index is 1.55. The van der Waals surface area contributed by atoms with Gasteiger partial charge in [-0.1, -0.05) is 30.3 Å². The second-order valence-corrected chi connectivity index (χ2v) is 8.60. The van der Waals surface area contributed by atoms with Crippen molar-refractivity contribution in [3.8, 4) is 0 Å². The van der Waals surface area contributed by atoms with Crippen LogP contribution in [0.1, 0.15) is 22.3 Å². The van der Waals surface area contributed by atoms with E-state index in [9.17, 15) is 13.2 Å². The predicted molar refractivity (Wildman–Crippen MR) is 109 cm³/mol. The molecule has 1 aliphatic rings. The Bertz CT molecular complexity index is 1180. The number of amides is 1. The van der Waals surface area contributed by atoms with Crippen molar-refractivity contribution in [2.24, 2.45) is 0 Å². The molecule has 2 heterocycles. The maximum Gasteiger partial charge on any atom is 0.254 e. The highest BCUT2D eigenvalue weighted by molar-refractivity contribution is 7.89. The molecular formula is C21H21N3O3S. The second kappa shape index (κ2) is 7.26. The molecule has 1 amide bonds. The van der Waals surface area contributed by atoms with Crippen LogP contribution in [0, 0.1) is 0 Å². The molecule has 3 aromatic rings. The third-order valence-corrected chi connectivity index (χ3v) is 6.50. The molecule has 2 aromatic carbocycles. The maximum absolute atomic E-state index is 12.8. The van der Waals surface area contributed by atoms with Crippen LogP contribution in [0.4, 0.5) is 0 Å². The first-order valence-corrected chi connectivity index (χ1v) is 10.6. The standard InChI is InChI=1S/C21H21N3O3S/c1-22-28(26,27)17-6-4-5-16(13-17)21(25)24-11-9-15(10-12-24)19-14-23-20-8-3-2-7-18(19)20/h2-9,13-14,22-23H,10-12H2,1H3. The minimum Gasteiger partial charge on any atom is -0.361 e. The van der Waals surface area contributed by atoms with Crippen LogP contribution in [0.5, 0.6) is 0 Å². The van der Waals surface area contributed by atoms with Crippen LogP contribution < -0.4 is 4.72 Å². The highest BCUT2D eigenvalue weighted by atomic mass is 32.2. The van der Waals surface area contributed by atoms with Crippen molar-refractivity contribution in [1.82, 2.24) is 14.6 Å². The lowest BCUT2D eigenvalue weighted by molar-refractivity contribution is 0.0772. The van der Waals surface area contributed by atoms with Crippen molar-refractivity contribution in [2.75, 3.05) is 20.1 Å². The van der Waals surface area contributed by atoms with Gasteiger partial charge in [0.15, 0.2) is 0 Å². The summed E-state index contributed by atoms with van der Waals surface area (Å²) in [5.74, 6) is -0.164. The summed E-state index contributed by atoms with van der Waals surface area (Å²) >= 11 is 0. The van der Waals surface area contributed by atoms with Crippen molar-refractivity contribution < 1.29 is 13.2 Å². The van der Waals surface area contributed by atoms with Crippen LogP contribution in [0.25, 0.3) is 16.5 Å². The molecule has 144 valence electrons. The molecule has 0 fully saturated rings. The Hall–Kier alpha value is -2.90. The minimum atomic E-state index is -3.58. The fourth-order valence-corrected chi connectivity index (χ4v) is 4.31. The topological polar surface area (TPSA) is 82.3 Å². The van der Waals surface area contributed by atoms with E-state index >= 15 is 0 Å². The second-order valence-electron chi connectivity index (χ2n) is 6.71. The van der Waals surface area contributed by atoms with Gasteiger partial charge in [0.2, 0.25) is 10.0 Å². The molecule has 1 aromatic heterocycles. The van der Waals surface area contributed by atoms with Gasteiger partial charge in [0.1, 0.15) is 0 Å². The largest absolute Gasteiger partial charge is 0.361 e. The molecule has 28 heavy (non-hydrogen) atoms. The molecule has 0 radical (unpaired) electrons. The molecule has 0 saturated carbocycles. The number of carbonyl (C=O) groups excluding carboxylic acids is 1. The van der Waals surface area contributed by atoms with Gasteiger partial charge >= 0.3 is 0 Å². The molecule has 7 heteroatoms. The number of hydrogen-bond donors (Lipinski definition) is 2. The fourth-order valence-electron chi connectivity index (χ4n) is 3.53. The molecular weight excluding hydrogens is 374 g/mol. The number of fused-ring (bicyclic) bond motifs is 1. The van der Waals surface area contributed by atoms with Crippen molar-refractivity contribution in [3.63, 3.8) is 0 Å². The van der Waals surface area contributed by atoms with Gasteiger partial charge < -0.3 is 9.88 Å². The summed E-state index contributed by atoms with van der Waals surface area (Å²) in [6.07, 6.45) is 4.84. The van der Waals surface area contributed by atoms with Crippen LogP contribution in [-0.4, -0.2) is 44.3 Å². The third-order valence-electron chi connectivity index (χ3n) is 5.09. The fraction of sp³-hybridized carbons (Fsp3) is 0.190. The van der Waals surface area contributed by atoms with E-state index in [-0.39, 0.29) is 10.8 Å². The number of aromatic amines is 1. The Kier molecular flexibility index (Phi) is 4.78. The Morgan fingerprint density at radius 2 is 1.96 bits per heavy atom. The van der Waals surface area contributed by atoms with E-state index in [2.05, 4.69) is 21.8 Å². The average molecular weight is 395 g/mol. The lowest BCUT2D eigenvalue weighted by Crippen LogP contribution is -2.34. The Morgan fingerprint density at radius 1 is 1.14 bits per heavy atom. The first-order chi connectivity index (χ1) is 13.5. The predicted octanol–water partition coefficient (Wildman–Crippen LogP) is 3.01. The highest BCUT2D eigenvalue weighted by Crippen LogP contribution is 2.29. The van der Waals surface area contributed by atoms with Gasteiger partial charge in [-0.15, -0.1) is 0 Å². The molecule has 2 N–H and O–H groups in total. The summed E-state index contributed by atoms with van der Waals surface area (Å²) in [5, 5.41) is 1.18. The van der Waals surface area contributed by atoms with Crippen LogP contribution in [0.15, 0.2) is 65.7 Å². The average Bonchev–Trinajstić information content (AvgIpc) is 3.17. The Morgan fingerprint density at radius 3 is 2.71 bits per heavy atom. The molecule has 0 unspecified atom stereocenters. The number of nitrogens with zero attached hydrogens (tertiary/aromatic N) is 1. The summed E-state index contributed by atoms with van der Waals surface area (Å²) < 4.78 is 26.2. The zero-order valence-corrected chi connectivity index (χ0v) is 16.3. The monoisotopic (exact) mass is 395 g/mol. The quantitative estimate of drug-likeness (QED) is 0.712. The lowest BCUT2D eigenvalue weighted by Gasteiger charge is -2.26. The number of aromatic nitrogens is 1. The number of para-hydroxylation sites is 1. The first-order valence-electron chi connectivity index (χ1n) is 9.08. The summed E-state index contributed by atoms with van der Waals surface area (Å²) in [6, 6.07) is 14.3. The zero-order chi connectivity index (χ0) is 19.7. The smallest absolute Gasteiger partial charge is 0.254 e. The van der Waals surface area contributed by atoms with E-state index in [0.29, 0.717) is 18.7 Å². The van der Waals surface area contributed by atoms with Gasteiger partial charge in [0.25, 0.3) is 5.91 Å². The third kappa shape index (κ3) is 3.34. The van der Waals surface area contributed by atoms with Gasteiger partial charge in [-0.2, -0.15) is 0 Å². The molecule has 0 aliphatic carbocycles. The molecule has 0 bridgehead atoms.